The van der Waals surface area contributed by atoms with E-state index in [1.54, 1.807) is 18.2 Å². The molecule has 0 bridgehead atoms. The first-order valence-electron chi connectivity index (χ1n) is 4.08. The highest BCUT2D eigenvalue weighted by Crippen LogP contribution is 2.21. The smallest absolute Gasteiger partial charge is 0.159 e. The first-order valence-corrected chi connectivity index (χ1v) is 4.45. The molecule has 1 aromatic rings. The number of ether oxygens (including phenoxy) is 1. The van der Waals surface area contributed by atoms with Gasteiger partial charge in [-0.05, 0) is 32.0 Å². The molecule has 0 aliphatic carbocycles. The summed E-state index contributed by atoms with van der Waals surface area (Å²) in [6.07, 6.45) is 0. The lowest BCUT2D eigenvalue weighted by atomic mass is 10.1. The van der Waals surface area contributed by atoms with Crippen LogP contribution in [0.15, 0.2) is 18.2 Å². The molecule has 0 fully saturated rings. The van der Waals surface area contributed by atoms with E-state index in [2.05, 4.69) is 0 Å². The van der Waals surface area contributed by atoms with Gasteiger partial charge in [0.25, 0.3) is 0 Å². The summed E-state index contributed by atoms with van der Waals surface area (Å²) in [5.74, 6) is 0.628. The van der Waals surface area contributed by atoms with Crippen molar-refractivity contribution in [3.8, 4) is 5.75 Å². The molecule has 0 aliphatic rings. The fourth-order valence-electron chi connectivity index (χ4n) is 1.02. The minimum Gasteiger partial charge on any atom is -0.494 e. The average Bonchev–Trinajstić information content (AvgIpc) is 2.03. The lowest BCUT2D eigenvalue weighted by Gasteiger charge is -2.04. The molecule has 0 radical (unpaired) electrons. The van der Waals surface area contributed by atoms with Crippen LogP contribution >= 0.6 is 11.6 Å². The first-order chi connectivity index (χ1) is 6.13. The number of ketones is 1. The van der Waals surface area contributed by atoms with Crippen molar-refractivity contribution in [2.75, 3.05) is 6.61 Å². The Kier molecular flexibility index (Phi) is 3.32. The van der Waals surface area contributed by atoms with Crippen molar-refractivity contribution in [2.45, 2.75) is 13.8 Å². The number of halogens is 1. The quantitative estimate of drug-likeness (QED) is 0.698. The third kappa shape index (κ3) is 2.74. The lowest BCUT2D eigenvalue weighted by Crippen LogP contribution is -1.96. The van der Waals surface area contributed by atoms with Gasteiger partial charge in [0.2, 0.25) is 0 Å². The van der Waals surface area contributed by atoms with Crippen LogP contribution in [0.25, 0.3) is 0 Å². The third-order valence-corrected chi connectivity index (χ3v) is 1.81. The van der Waals surface area contributed by atoms with E-state index >= 15 is 0 Å². The van der Waals surface area contributed by atoms with Crippen LogP contribution in [0, 0.1) is 0 Å². The maximum absolute atomic E-state index is 11.0. The zero-order chi connectivity index (χ0) is 9.84. The lowest BCUT2D eigenvalue weighted by molar-refractivity contribution is 0.101. The van der Waals surface area contributed by atoms with Crippen LogP contribution in [-0.4, -0.2) is 12.4 Å². The first kappa shape index (κ1) is 10.1. The molecule has 3 heteroatoms. The predicted octanol–water partition coefficient (Wildman–Crippen LogP) is 2.94. The standard InChI is InChI=1S/C10H11ClO2/c1-3-13-10-5-8(7(2)12)4-9(11)6-10/h4-6H,3H2,1-2H3. The molecular weight excluding hydrogens is 188 g/mol. The third-order valence-electron chi connectivity index (χ3n) is 1.59. The molecule has 0 spiro atoms. The number of carbonyl (C=O) groups excluding carboxylic acids is 1. The van der Waals surface area contributed by atoms with Gasteiger partial charge in [0.05, 0.1) is 6.61 Å². The number of carbonyl (C=O) groups is 1. The largest absolute Gasteiger partial charge is 0.494 e. The van der Waals surface area contributed by atoms with E-state index in [9.17, 15) is 4.79 Å². The summed E-state index contributed by atoms with van der Waals surface area (Å²) in [5.41, 5.74) is 0.580. The van der Waals surface area contributed by atoms with Crippen molar-refractivity contribution >= 4 is 17.4 Å². The van der Waals surface area contributed by atoms with Crippen LogP contribution < -0.4 is 4.74 Å². The summed E-state index contributed by atoms with van der Waals surface area (Å²) < 4.78 is 5.24. The molecular formula is C10H11ClO2. The van der Waals surface area contributed by atoms with Gasteiger partial charge in [-0.1, -0.05) is 11.6 Å². The normalized spacial score (nSPS) is 9.77. The SMILES string of the molecule is CCOc1cc(Cl)cc(C(C)=O)c1. The molecule has 0 atom stereocenters. The molecule has 0 N–H and O–H groups in total. The van der Waals surface area contributed by atoms with E-state index < -0.39 is 0 Å². The van der Waals surface area contributed by atoms with E-state index in [1.807, 2.05) is 6.92 Å². The molecule has 13 heavy (non-hydrogen) atoms. The van der Waals surface area contributed by atoms with Crippen LogP contribution in [0.3, 0.4) is 0 Å². The van der Waals surface area contributed by atoms with Gasteiger partial charge in [-0.25, -0.2) is 0 Å². The highest BCUT2D eigenvalue weighted by molar-refractivity contribution is 6.31. The summed E-state index contributed by atoms with van der Waals surface area (Å²) in [7, 11) is 0. The molecule has 0 saturated carbocycles. The van der Waals surface area contributed by atoms with Gasteiger partial charge in [-0.3, -0.25) is 4.79 Å². The molecule has 0 heterocycles. The monoisotopic (exact) mass is 198 g/mol. The van der Waals surface area contributed by atoms with Gasteiger partial charge >= 0.3 is 0 Å². The van der Waals surface area contributed by atoms with Crippen LogP contribution in [-0.2, 0) is 0 Å². The average molecular weight is 199 g/mol. The highest BCUT2D eigenvalue weighted by Gasteiger charge is 2.03. The van der Waals surface area contributed by atoms with Crippen LogP contribution in [0.2, 0.25) is 5.02 Å². The Bertz CT molecular complexity index is 321. The van der Waals surface area contributed by atoms with Gasteiger partial charge in [0, 0.05) is 10.6 Å². The summed E-state index contributed by atoms with van der Waals surface area (Å²) in [6.45, 7) is 3.95. The van der Waals surface area contributed by atoms with Gasteiger partial charge < -0.3 is 4.74 Å². The molecule has 0 aromatic heterocycles. The summed E-state index contributed by atoms with van der Waals surface area (Å²) in [4.78, 5) is 11.0. The topological polar surface area (TPSA) is 26.3 Å². The van der Waals surface area contributed by atoms with E-state index in [0.717, 1.165) is 0 Å². The van der Waals surface area contributed by atoms with Gasteiger partial charge in [-0.2, -0.15) is 0 Å². The van der Waals surface area contributed by atoms with Crippen LogP contribution in [0.5, 0.6) is 5.75 Å². The molecule has 0 amide bonds. The maximum Gasteiger partial charge on any atom is 0.159 e. The fraction of sp³-hybridized carbons (Fsp3) is 0.300. The summed E-state index contributed by atoms with van der Waals surface area (Å²) in [6, 6.07) is 5.02. The predicted molar refractivity (Wildman–Crippen MR) is 52.6 cm³/mol. The van der Waals surface area contributed by atoms with E-state index in [-0.39, 0.29) is 5.78 Å². The Morgan fingerprint density at radius 2 is 2.15 bits per heavy atom. The number of rotatable bonds is 3. The molecule has 70 valence electrons. The van der Waals surface area contributed by atoms with Crippen molar-refractivity contribution < 1.29 is 9.53 Å². The number of Topliss-reactive ketones (excluding diaryl/α,β-unsaturated/α-hetero) is 1. The molecule has 1 aromatic carbocycles. The Morgan fingerprint density at radius 1 is 1.46 bits per heavy atom. The zero-order valence-corrected chi connectivity index (χ0v) is 8.39. The Labute approximate surface area is 82.5 Å². The second kappa shape index (κ2) is 4.28. The van der Waals surface area contributed by atoms with Crippen molar-refractivity contribution in [3.05, 3.63) is 28.8 Å². The van der Waals surface area contributed by atoms with Crippen LogP contribution in [0.4, 0.5) is 0 Å². The number of benzene rings is 1. The summed E-state index contributed by atoms with van der Waals surface area (Å²) >= 11 is 5.80. The van der Waals surface area contributed by atoms with Gasteiger partial charge in [0.15, 0.2) is 5.78 Å². The fourth-order valence-corrected chi connectivity index (χ4v) is 1.24. The van der Waals surface area contributed by atoms with Crippen molar-refractivity contribution in [3.63, 3.8) is 0 Å². The number of hydrogen-bond donors (Lipinski definition) is 0. The van der Waals surface area contributed by atoms with E-state index in [4.69, 9.17) is 16.3 Å². The van der Waals surface area contributed by atoms with E-state index in [1.165, 1.54) is 6.92 Å². The second-order valence-electron chi connectivity index (χ2n) is 2.66. The van der Waals surface area contributed by atoms with Gasteiger partial charge in [-0.15, -0.1) is 0 Å². The van der Waals surface area contributed by atoms with Gasteiger partial charge in [0.1, 0.15) is 5.75 Å². The highest BCUT2D eigenvalue weighted by atomic mass is 35.5. The molecule has 2 nitrogen and oxygen atoms in total. The number of hydrogen-bond acceptors (Lipinski definition) is 2. The molecule has 1 rings (SSSR count). The van der Waals surface area contributed by atoms with Crippen molar-refractivity contribution in [1.82, 2.24) is 0 Å². The zero-order valence-electron chi connectivity index (χ0n) is 7.63. The van der Waals surface area contributed by atoms with Crippen molar-refractivity contribution in [1.29, 1.82) is 0 Å². The maximum atomic E-state index is 11.0. The molecule has 0 unspecified atom stereocenters. The second-order valence-corrected chi connectivity index (χ2v) is 3.10. The molecule has 0 saturated heterocycles. The molecule has 0 aliphatic heterocycles. The Balaban J connectivity index is 3.03. The van der Waals surface area contributed by atoms with Crippen LogP contribution in [0.1, 0.15) is 24.2 Å². The Morgan fingerprint density at radius 3 is 2.69 bits per heavy atom. The minimum absolute atomic E-state index is 0.0107. The minimum atomic E-state index is -0.0107. The van der Waals surface area contributed by atoms with Crippen molar-refractivity contribution in [2.24, 2.45) is 0 Å². The summed E-state index contributed by atoms with van der Waals surface area (Å²) in [5, 5.41) is 0.524. The van der Waals surface area contributed by atoms with E-state index in [0.29, 0.717) is 22.9 Å². The Hall–Kier alpha value is -1.02.